The fourth-order valence-electron chi connectivity index (χ4n) is 2.07. The van der Waals surface area contributed by atoms with Crippen molar-refractivity contribution in [3.8, 4) is 6.07 Å². The molecule has 0 radical (unpaired) electrons. The van der Waals surface area contributed by atoms with Crippen LogP contribution >= 0.6 is 11.8 Å². The van der Waals surface area contributed by atoms with Crippen molar-refractivity contribution in [1.82, 2.24) is 5.32 Å². The summed E-state index contributed by atoms with van der Waals surface area (Å²) in [4.78, 5) is 13.9. The smallest absolute Gasteiger partial charge is 0.252 e. The highest BCUT2D eigenvalue weighted by molar-refractivity contribution is 7.99. The fraction of sp³-hybridized carbons (Fsp3) is 0.222. The molecule has 7 heteroatoms. The zero-order valence-corrected chi connectivity index (χ0v) is 15.4. The normalized spacial score (nSPS) is 10.9. The van der Waals surface area contributed by atoms with Crippen LogP contribution in [0.25, 0.3) is 0 Å². The number of carbonyl (C=O) groups excluding carboxylic acids is 1. The second-order valence-corrected chi connectivity index (χ2v) is 8.75. The summed E-state index contributed by atoms with van der Waals surface area (Å²) >= 11 is 1.34. The van der Waals surface area contributed by atoms with Gasteiger partial charge >= 0.3 is 0 Å². The second kappa shape index (κ2) is 8.70. The molecule has 0 unspecified atom stereocenters. The van der Waals surface area contributed by atoms with E-state index in [1.54, 1.807) is 37.3 Å². The highest BCUT2D eigenvalue weighted by Gasteiger charge is 2.14. The first-order chi connectivity index (χ1) is 12.0. The van der Waals surface area contributed by atoms with Gasteiger partial charge in [0.15, 0.2) is 9.84 Å². The van der Waals surface area contributed by atoms with Gasteiger partial charge < -0.3 is 5.32 Å². The van der Waals surface area contributed by atoms with Crippen LogP contribution in [0.4, 0.5) is 0 Å². The van der Waals surface area contributed by atoms with E-state index in [0.29, 0.717) is 16.0 Å². The summed E-state index contributed by atoms with van der Waals surface area (Å²) in [7, 11) is -3.12. The van der Waals surface area contributed by atoms with Gasteiger partial charge in [0.2, 0.25) is 0 Å². The molecule has 2 rings (SSSR count). The van der Waals surface area contributed by atoms with Crippen LogP contribution in [-0.4, -0.2) is 32.4 Å². The minimum atomic E-state index is -3.12. The zero-order valence-electron chi connectivity index (χ0n) is 13.7. The molecule has 0 aromatic heterocycles. The summed E-state index contributed by atoms with van der Waals surface area (Å²) in [5, 5.41) is 11.8. The maximum Gasteiger partial charge on any atom is 0.252 e. The van der Waals surface area contributed by atoms with E-state index in [-0.39, 0.29) is 24.0 Å². The molecule has 0 saturated carbocycles. The summed E-state index contributed by atoms with van der Waals surface area (Å²) in [6, 6.07) is 16.4. The lowest BCUT2D eigenvalue weighted by molar-refractivity contribution is 0.0953. The van der Waals surface area contributed by atoms with Crippen molar-refractivity contribution in [1.29, 1.82) is 5.26 Å². The summed E-state index contributed by atoms with van der Waals surface area (Å²) in [5.74, 6) is -0.356. The molecule has 0 aliphatic rings. The van der Waals surface area contributed by atoms with E-state index < -0.39 is 9.84 Å². The maximum absolute atomic E-state index is 12.4. The Balaban J connectivity index is 2.15. The standard InChI is InChI=1S/C18H18N2O3S2/c1-2-25(22,23)12-11-20-18(21)15-8-4-6-10-17(15)24-16-9-5-3-7-14(16)13-19/h3-10H,2,11-12H2,1H3,(H,20,21). The monoisotopic (exact) mass is 374 g/mol. The number of rotatable bonds is 7. The summed E-state index contributed by atoms with van der Waals surface area (Å²) in [6.07, 6.45) is 0. The van der Waals surface area contributed by atoms with E-state index >= 15 is 0 Å². The van der Waals surface area contributed by atoms with Gasteiger partial charge in [0.05, 0.1) is 16.9 Å². The molecule has 0 spiro atoms. The molecule has 1 amide bonds. The highest BCUT2D eigenvalue weighted by Crippen LogP contribution is 2.32. The number of amides is 1. The van der Waals surface area contributed by atoms with Gasteiger partial charge in [0.25, 0.3) is 5.91 Å². The van der Waals surface area contributed by atoms with Gasteiger partial charge in [-0.2, -0.15) is 5.26 Å². The largest absolute Gasteiger partial charge is 0.351 e. The Kier molecular flexibility index (Phi) is 6.62. The van der Waals surface area contributed by atoms with Crippen LogP contribution in [0.15, 0.2) is 58.3 Å². The fourth-order valence-corrected chi connectivity index (χ4v) is 3.80. The molecule has 1 N–H and O–H groups in total. The molecule has 0 atom stereocenters. The minimum Gasteiger partial charge on any atom is -0.351 e. The number of benzene rings is 2. The van der Waals surface area contributed by atoms with Crippen molar-refractivity contribution in [3.05, 3.63) is 59.7 Å². The number of sulfone groups is 1. The molecule has 25 heavy (non-hydrogen) atoms. The molecule has 0 aliphatic carbocycles. The molecule has 5 nitrogen and oxygen atoms in total. The van der Waals surface area contributed by atoms with Gasteiger partial charge in [0.1, 0.15) is 6.07 Å². The van der Waals surface area contributed by atoms with Crippen LogP contribution in [0.5, 0.6) is 0 Å². The van der Waals surface area contributed by atoms with Gasteiger partial charge in [-0.25, -0.2) is 8.42 Å². The third-order valence-corrected chi connectivity index (χ3v) is 6.36. The molecule has 0 aliphatic heterocycles. The lowest BCUT2D eigenvalue weighted by Gasteiger charge is -2.10. The quantitative estimate of drug-likeness (QED) is 0.805. The van der Waals surface area contributed by atoms with Gasteiger partial charge in [-0.05, 0) is 24.3 Å². The predicted molar refractivity (Wildman–Crippen MR) is 98.4 cm³/mol. The van der Waals surface area contributed by atoms with E-state index in [2.05, 4.69) is 11.4 Å². The Morgan fingerprint density at radius 3 is 2.44 bits per heavy atom. The van der Waals surface area contributed by atoms with E-state index in [1.807, 2.05) is 18.2 Å². The van der Waals surface area contributed by atoms with Crippen molar-refractivity contribution in [2.24, 2.45) is 0 Å². The Morgan fingerprint density at radius 2 is 1.76 bits per heavy atom. The lowest BCUT2D eigenvalue weighted by atomic mass is 10.2. The molecule has 130 valence electrons. The van der Waals surface area contributed by atoms with Crippen LogP contribution in [0.2, 0.25) is 0 Å². The van der Waals surface area contributed by atoms with Gasteiger partial charge in [-0.1, -0.05) is 43.0 Å². The van der Waals surface area contributed by atoms with Crippen LogP contribution in [0.1, 0.15) is 22.8 Å². The SMILES string of the molecule is CCS(=O)(=O)CCNC(=O)c1ccccc1Sc1ccccc1C#N. The van der Waals surface area contributed by atoms with Crippen LogP contribution in [0.3, 0.4) is 0 Å². The number of hydrogen-bond donors (Lipinski definition) is 1. The number of carbonyl (C=O) groups is 1. The number of nitrogens with one attached hydrogen (secondary N) is 1. The summed E-state index contributed by atoms with van der Waals surface area (Å²) in [6.45, 7) is 1.65. The Morgan fingerprint density at radius 1 is 1.12 bits per heavy atom. The molecule has 0 heterocycles. The predicted octanol–water partition coefficient (Wildman–Crippen LogP) is 2.87. The van der Waals surface area contributed by atoms with Gasteiger partial charge in [0, 0.05) is 22.1 Å². The molecular weight excluding hydrogens is 356 g/mol. The second-order valence-electron chi connectivity index (χ2n) is 5.20. The number of nitriles is 1. The van der Waals surface area contributed by atoms with Gasteiger partial charge in [-0.15, -0.1) is 0 Å². The first-order valence-corrected chi connectivity index (χ1v) is 10.3. The molecule has 2 aromatic carbocycles. The average Bonchev–Trinajstić information content (AvgIpc) is 2.62. The van der Waals surface area contributed by atoms with E-state index in [4.69, 9.17) is 0 Å². The number of hydrogen-bond acceptors (Lipinski definition) is 5. The van der Waals surface area contributed by atoms with Crippen molar-refractivity contribution in [2.45, 2.75) is 16.7 Å². The summed E-state index contributed by atoms with van der Waals surface area (Å²) < 4.78 is 23.0. The average molecular weight is 374 g/mol. The first-order valence-electron chi connectivity index (χ1n) is 7.71. The van der Waals surface area contributed by atoms with E-state index in [9.17, 15) is 18.5 Å². The molecule has 0 saturated heterocycles. The van der Waals surface area contributed by atoms with Gasteiger partial charge in [-0.3, -0.25) is 4.79 Å². The van der Waals surface area contributed by atoms with E-state index in [0.717, 1.165) is 4.90 Å². The third-order valence-electron chi connectivity index (χ3n) is 3.50. The Hall–Kier alpha value is -2.30. The van der Waals surface area contributed by atoms with Crippen molar-refractivity contribution in [2.75, 3.05) is 18.1 Å². The molecular formula is C18H18N2O3S2. The number of nitrogens with zero attached hydrogens (tertiary/aromatic N) is 1. The van der Waals surface area contributed by atoms with Crippen molar-refractivity contribution in [3.63, 3.8) is 0 Å². The Bertz CT molecular complexity index is 903. The van der Waals surface area contributed by atoms with Crippen molar-refractivity contribution >= 4 is 27.5 Å². The minimum absolute atomic E-state index is 0.0558. The van der Waals surface area contributed by atoms with Crippen LogP contribution < -0.4 is 5.32 Å². The first kappa shape index (κ1) is 19.0. The lowest BCUT2D eigenvalue weighted by Crippen LogP contribution is -2.29. The maximum atomic E-state index is 12.4. The Labute approximate surface area is 152 Å². The van der Waals surface area contributed by atoms with Crippen LogP contribution in [-0.2, 0) is 9.84 Å². The highest BCUT2D eigenvalue weighted by atomic mass is 32.2. The zero-order chi connectivity index (χ0) is 18.3. The molecule has 2 aromatic rings. The van der Waals surface area contributed by atoms with Crippen LogP contribution in [0, 0.1) is 11.3 Å². The molecule has 0 bridgehead atoms. The van der Waals surface area contributed by atoms with Crippen molar-refractivity contribution < 1.29 is 13.2 Å². The summed E-state index contributed by atoms with van der Waals surface area (Å²) in [5.41, 5.74) is 0.992. The third kappa shape index (κ3) is 5.34. The molecule has 0 fully saturated rings. The topological polar surface area (TPSA) is 87.0 Å². The van der Waals surface area contributed by atoms with E-state index in [1.165, 1.54) is 11.8 Å².